The Morgan fingerprint density at radius 2 is 1.93 bits per heavy atom. The Hall–Kier alpha value is -3.88. The first-order valence-corrected chi connectivity index (χ1v) is 9.12. The predicted octanol–water partition coefficient (Wildman–Crippen LogP) is 2.54. The summed E-state index contributed by atoms with van der Waals surface area (Å²) in [6, 6.07) is 7.23. The van der Waals surface area contributed by atoms with Gasteiger partial charge in [-0.2, -0.15) is 4.98 Å². The second-order valence-corrected chi connectivity index (χ2v) is 6.73. The lowest BCUT2D eigenvalue weighted by atomic mass is 9.90. The molecule has 5 rings (SSSR count). The van der Waals surface area contributed by atoms with E-state index in [-0.39, 0.29) is 17.7 Å². The first kappa shape index (κ1) is 17.2. The van der Waals surface area contributed by atoms with E-state index in [9.17, 15) is 4.79 Å². The molecule has 4 aromatic heterocycles. The second kappa shape index (κ2) is 7.27. The third-order valence-electron chi connectivity index (χ3n) is 5.00. The molecule has 1 amide bonds. The van der Waals surface area contributed by atoms with Crippen LogP contribution in [0.4, 0.5) is 0 Å². The van der Waals surface area contributed by atoms with Gasteiger partial charge in [0, 0.05) is 43.8 Å². The van der Waals surface area contributed by atoms with Crippen molar-refractivity contribution in [2.45, 2.75) is 11.8 Å². The van der Waals surface area contributed by atoms with Gasteiger partial charge in [0.15, 0.2) is 5.76 Å². The average Bonchev–Trinajstić information content (AvgIpc) is 3.55. The van der Waals surface area contributed by atoms with Crippen molar-refractivity contribution in [1.29, 1.82) is 0 Å². The van der Waals surface area contributed by atoms with E-state index < -0.39 is 0 Å². The molecular formula is C20H16N6O3. The summed E-state index contributed by atoms with van der Waals surface area (Å²) in [5.74, 6) is 0.762. The number of hydrogen-bond donors (Lipinski definition) is 0. The number of carbonyl (C=O) groups excluding carboxylic acids is 1. The van der Waals surface area contributed by atoms with Crippen molar-refractivity contribution >= 4 is 5.91 Å². The highest BCUT2D eigenvalue weighted by molar-refractivity contribution is 5.91. The first-order chi connectivity index (χ1) is 14.3. The summed E-state index contributed by atoms with van der Waals surface area (Å²) in [6.07, 6.45) is 9.75. The van der Waals surface area contributed by atoms with Gasteiger partial charge in [-0.3, -0.25) is 14.8 Å². The van der Waals surface area contributed by atoms with E-state index in [1.807, 2.05) is 12.1 Å². The molecule has 0 aliphatic carbocycles. The van der Waals surface area contributed by atoms with Crippen molar-refractivity contribution in [3.63, 3.8) is 0 Å². The van der Waals surface area contributed by atoms with Gasteiger partial charge in [0.05, 0.1) is 18.4 Å². The van der Waals surface area contributed by atoms with Gasteiger partial charge in [-0.15, -0.1) is 0 Å². The SMILES string of the molecule is O=C(c1ccco1)N1C[C@@H](c2cccnc2)[C@H](c2nc(-c3cnccn3)no2)C1. The molecule has 1 fully saturated rings. The van der Waals surface area contributed by atoms with Gasteiger partial charge in [0.1, 0.15) is 5.69 Å². The van der Waals surface area contributed by atoms with Gasteiger partial charge in [-0.05, 0) is 23.8 Å². The minimum atomic E-state index is -0.170. The lowest BCUT2D eigenvalue weighted by molar-refractivity contribution is 0.0756. The standard InChI is InChI=1S/C20H16N6O3/c27-20(17-4-2-8-28-17)26-11-14(13-3-1-5-21-9-13)15(12-26)19-24-18(25-29-19)16-10-22-6-7-23-16/h1-10,14-15H,11-12H2/t14-,15+/m0/s1. The molecule has 0 spiro atoms. The first-order valence-electron chi connectivity index (χ1n) is 9.12. The molecule has 4 aromatic rings. The number of likely N-dealkylation sites (tertiary alicyclic amines) is 1. The highest BCUT2D eigenvalue weighted by atomic mass is 16.5. The maximum atomic E-state index is 12.8. The van der Waals surface area contributed by atoms with E-state index in [2.05, 4.69) is 25.1 Å². The maximum absolute atomic E-state index is 12.8. The van der Waals surface area contributed by atoms with E-state index in [0.29, 0.717) is 36.3 Å². The molecule has 2 atom stereocenters. The van der Waals surface area contributed by atoms with E-state index >= 15 is 0 Å². The summed E-state index contributed by atoms with van der Waals surface area (Å²) in [5.41, 5.74) is 1.54. The minimum Gasteiger partial charge on any atom is -0.459 e. The number of hydrogen-bond acceptors (Lipinski definition) is 8. The zero-order valence-corrected chi connectivity index (χ0v) is 15.3. The Morgan fingerprint density at radius 1 is 1.03 bits per heavy atom. The van der Waals surface area contributed by atoms with Crippen molar-refractivity contribution < 1.29 is 13.7 Å². The zero-order chi connectivity index (χ0) is 19.6. The van der Waals surface area contributed by atoms with Crippen molar-refractivity contribution in [1.82, 2.24) is 30.0 Å². The molecule has 144 valence electrons. The summed E-state index contributed by atoms with van der Waals surface area (Å²) in [5, 5.41) is 4.05. The van der Waals surface area contributed by atoms with Crippen LogP contribution in [0.5, 0.6) is 0 Å². The van der Waals surface area contributed by atoms with Crippen LogP contribution in [0.3, 0.4) is 0 Å². The van der Waals surface area contributed by atoms with E-state index in [1.54, 1.807) is 48.0 Å². The number of pyridine rings is 1. The fourth-order valence-corrected chi connectivity index (χ4v) is 3.61. The average molecular weight is 388 g/mol. The maximum Gasteiger partial charge on any atom is 0.289 e. The quantitative estimate of drug-likeness (QED) is 0.524. The summed E-state index contributed by atoms with van der Waals surface area (Å²) < 4.78 is 10.8. The molecule has 0 aromatic carbocycles. The highest BCUT2D eigenvalue weighted by Crippen LogP contribution is 2.39. The topological polar surface area (TPSA) is 111 Å². The molecule has 9 nitrogen and oxygen atoms in total. The number of nitrogens with zero attached hydrogens (tertiary/aromatic N) is 6. The number of furan rings is 1. The normalized spacial score (nSPS) is 18.8. The number of rotatable bonds is 4. The summed E-state index contributed by atoms with van der Waals surface area (Å²) in [7, 11) is 0. The zero-order valence-electron chi connectivity index (χ0n) is 15.3. The van der Waals surface area contributed by atoms with Crippen molar-refractivity contribution in [2.24, 2.45) is 0 Å². The monoisotopic (exact) mass is 388 g/mol. The molecule has 0 unspecified atom stereocenters. The molecule has 0 N–H and O–H groups in total. The molecule has 5 heterocycles. The smallest absolute Gasteiger partial charge is 0.289 e. The van der Waals surface area contributed by atoms with Gasteiger partial charge >= 0.3 is 0 Å². The Balaban J connectivity index is 1.47. The van der Waals surface area contributed by atoms with Gasteiger partial charge in [-0.1, -0.05) is 11.2 Å². The Kier molecular flexibility index (Phi) is 4.32. The van der Waals surface area contributed by atoms with Crippen LogP contribution in [0.15, 0.2) is 70.5 Å². The molecule has 0 saturated carbocycles. The predicted molar refractivity (Wildman–Crippen MR) is 99.7 cm³/mol. The highest BCUT2D eigenvalue weighted by Gasteiger charge is 2.41. The molecule has 1 aliphatic rings. The van der Waals surface area contributed by atoms with Gasteiger partial charge in [0.25, 0.3) is 5.91 Å². The third-order valence-corrected chi connectivity index (χ3v) is 5.00. The Labute approximate surface area is 165 Å². The minimum absolute atomic E-state index is 0.0298. The van der Waals surface area contributed by atoms with Gasteiger partial charge in [-0.25, -0.2) is 4.98 Å². The summed E-state index contributed by atoms with van der Waals surface area (Å²) in [4.78, 5) is 31.6. The van der Waals surface area contributed by atoms with Crippen LogP contribution in [0, 0.1) is 0 Å². The van der Waals surface area contributed by atoms with Crippen LogP contribution in [0.2, 0.25) is 0 Å². The van der Waals surface area contributed by atoms with E-state index in [0.717, 1.165) is 5.56 Å². The second-order valence-electron chi connectivity index (χ2n) is 6.73. The molecule has 1 aliphatic heterocycles. The molecular weight excluding hydrogens is 372 g/mol. The lowest BCUT2D eigenvalue weighted by Gasteiger charge is -2.15. The Morgan fingerprint density at radius 3 is 2.69 bits per heavy atom. The van der Waals surface area contributed by atoms with Crippen LogP contribution < -0.4 is 0 Å². The molecule has 29 heavy (non-hydrogen) atoms. The largest absolute Gasteiger partial charge is 0.459 e. The van der Waals surface area contributed by atoms with Gasteiger partial charge < -0.3 is 13.8 Å². The van der Waals surface area contributed by atoms with Crippen molar-refractivity contribution in [3.8, 4) is 11.5 Å². The number of carbonyl (C=O) groups is 1. The molecule has 1 saturated heterocycles. The molecule has 9 heteroatoms. The number of amides is 1. The molecule has 0 radical (unpaired) electrons. The fraction of sp³-hybridized carbons (Fsp3) is 0.200. The summed E-state index contributed by atoms with van der Waals surface area (Å²) >= 11 is 0. The fourth-order valence-electron chi connectivity index (χ4n) is 3.61. The van der Waals surface area contributed by atoms with E-state index in [4.69, 9.17) is 8.94 Å². The van der Waals surface area contributed by atoms with Crippen LogP contribution in [0.25, 0.3) is 11.5 Å². The third kappa shape index (κ3) is 3.27. The van der Waals surface area contributed by atoms with Crippen LogP contribution in [-0.2, 0) is 0 Å². The van der Waals surface area contributed by atoms with Crippen LogP contribution in [0.1, 0.15) is 33.8 Å². The van der Waals surface area contributed by atoms with Crippen LogP contribution >= 0.6 is 0 Å². The van der Waals surface area contributed by atoms with Crippen LogP contribution in [-0.4, -0.2) is 49.0 Å². The van der Waals surface area contributed by atoms with Crippen molar-refractivity contribution in [3.05, 3.63) is 78.7 Å². The number of aromatic nitrogens is 5. The Bertz CT molecular complexity index is 1100. The van der Waals surface area contributed by atoms with Gasteiger partial charge in [0.2, 0.25) is 11.7 Å². The summed E-state index contributed by atoms with van der Waals surface area (Å²) in [6.45, 7) is 0.931. The van der Waals surface area contributed by atoms with Crippen molar-refractivity contribution in [2.75, 3.05) is 13.1 Å². The van der Waals surface area contributed by atoms with E-state index in [1.165, 1.54) is 6.26 Å². The lowest BCUT2D eigenvalue weighted by Crippen LogP contribution is -2.28. The molecule has 0 bridgehead atoms.